The molecule has 3 rings (SSSR count). The third-order valence-electron chi connectivity index (χ3n) is 4.23. The summed E-state index contributed by atoms with van der Waals surface area (Å²) in [5.74, 6) is 0.376. The molecule has 0 amide bonds. The van der Waals surface area contributed by atoms with Crippen molar-refractivity contribution in [2.24, 2.45) is 0 Å². The van der Waals surface area contributed by atoms with E-state index in [0.717, 1.165) is 14.6 Å². The van der Waals surface area contributed by atoms with Crippen LogP contribution in [0.5, 0.6) is 0 Å². The van der Waals surface area contributed by atoms with E-state index in [1.807, 2.05) is 49.2 Å². The van der Waals surface area contributed by atoms with Crippen molar-refractivity contribution < 1.29 is 8.78 Å². The molecule has 0 aliphatic heterocycles. The predicted molar refractivity (Wildman–Crippen MR) is 95.0 cm³/mol. The van der Waals surface area contributed by atoms with Crippen LogP contribution in [0.3, 0.4) is 0 Å². The molecule has 1 atom stereocenters. The molecule has 0 fully saturated rings. The van der Waals surface area contributed by atoms with Crippen LogP contribution in [0.4, 0.5) is 8.78 Å². The number of hydrogen-bond donors (Lipinski definition) is 0. The monoisotopic (exact) mass is 393 g/mol. The number of halogens is 3. The van der Waals surface area contributed by atoms with Crippen molar-refractivity contribution in [1.82, 2.24) is 14.5 Å². The minimum Gasteiger partial charge on any atom is -0.292 e. The first-order valence-corrected chi connectivity index (χ1v) is 8.47. The largest absolute Gasteiger partial charge is 0.320 e. The Hall–Kier alpha value is -1.79. The molecule has 1 aromatic heterocycles. The maximum Gasteiger partial charge on any atom is 0.320 e. The summed E-state index contributed by atoms with van der Waals surface area (Å²) in [6, 6.07) is 14.7. The second-order valence-corrected chi connectivity index (χ2v) is 6.64. The van der Waals surface area contributed by atoms with Crippen molar-refractivity contribution >= 4 is 27.0 Å². The van der Waals surface area contributed by atoms with E-state index >= 15 is 0 Å². The lowest BCUT2D eigenvalue weighted by Crippen LogP contribution is -2.25. The second kappa shape index (κ2) is 6.99. The van der Waals surface area contributed by atoms with Crippen LogP contribution in [0.25, 0.3) is 11.0 Å². The Bertz CT molecular complexity index is 847. The minimum atomic E-state index is -2.62. The second-order valence-electron chi connectivity index (χ2n) is 5.79. The van der Waals surface area contributed by atoms with Gasteiger partial charge in [0.1, 0.15) is 5.82 Å². The van der Waals surface area contributed by atoms with Crippen LogP contribution in [-0.2, 0) is 6.54 Å². The summed E-state index contributed by atoms with van der Waals surface area (Å²) >= 11 is 3.53. The first-order chi connectivity index (χ1) is 11.5. The number of aromatic nitrogens is 2. The Morgan fingerprint density at radius 3 is 2.50 bits per heavy atom. The summed E-state index contributed by atoms with van der Waals surface area (Å²) in [6.45, 7) is -0.0851. The van der Waals surface area contributed by atoms with Gasteiger partial charge in [0.2, 0.25) is 0 Å². The van der Waals surface area contributed by atoms with Gasteiger partial charge in [-0.1, -0.05) is 46.3 Å². The van der Waals surface area contributed by atoms with Crippen molar-refractivity contribution in [3.05, 3.63) is 64.4 Å². The van der Waals surface area contributed by atoms with E-state index in [9.17, 15) is 8.78 Å². The molecule has 0 aliphatic rings. The molecule has 0 spiro atoms. The molecule has 126 valence electrons. The molecule has 2 aromatic carbocycles. The molecule has 0 N–H and O–H groups in total. The molecular formula is C18H18BrF2N3. The predicted octanol–water partition coefficient (Wildman–Crippen LogP) is 5.39. The zero-order chi connectivity index (χ0) is 17.3. The number of hydrogen-bond acceptors (Lipinski definition) is 2. The first kappa shape index (κ1) is 17.0. The number of benzene rings is 2. The number of alkyl halides is 2. The van der Waals surface area contributed by atoms with Gasteiger partial charge >= 0.3 is 6.55 Å². The minimum absolute atomic E-state index is 0.251. The van der Waals surface area contributed by atoms with Crippen molar-refractivity contribution in [2.45, 2.75) is 26.1 Å². The van der Waals surface area contributed by atoms with Crippen LogP contribution in [0, 0.1) is 0 Å². The normalized spacial score (nSPS) is 13.1. The Kier molecular flexibility index (Phi) is 4.96. The topological polar surface area (TPSA) is 21.1 Å². The highest BCUT2D eigenvalue weighted by Gasteiger charge is 2.24. The summed E-state index contributed by atoms with van der Waals surface area (Å²) in [5.41, 5.74) is 2.16. The summed E-state index contributed by atoms with van der Waals surface area (Å²) in [5, 5.41) is 0. The molecule has 0 saturated heterocycles. The molecule has 6 heteroatoms. The molecule has 0 aliphatic carbocycles. The number of nitrogens with zero attached hydrogens (tertiary/aromatic N) is 3. The highest BCUT2D eigenvalue weighted by molar-refractivity contribution is 9.10. The van der Waals surface area contributed by atoms with Crippen LogP contribution in [-0.4, -0.2) is 21.5 Å². The highest BCUT2D eigenvalue weighted by Crippen LogP contribution is 2.30. The lowest BCUT2D eigenvalue weighted by molar-refractivity contribution is 0.0657. The van der Waals surface area contributed by atoms with Gasteiger partial charge in [-0.25, -0.2) is 4.98 Å². The average molecular weight is 394 g/mol. The van der Waals surface area contributed by atoms with Crippen molar-refractivity contribution in [1.29, 1.82) is 0 Å². The first-order valence-electron chi connectivity index (χ1n) is 7.67. The standard InChI is InChI=1S/C18H18BrF2N3/c1-12(23(2)11-13-7-3-4-8-14(13)19)17-22-15-9-5-6-10-16(15)24(17)18(20)21/h3-10,12,18H,11H2,1-2H3. The molecule has 0 saturated carbocycles. The van der Waals surface area contributed by atoms with Crippen LogP contribution in [0.2, 0.25) is 0 Å². The Balaban J connectivity index is 1.94. The average Bonchev–Trinajstić information content (AvgIpc) is 2.95. The lowest BCUT2D eigenvalue weighted by atomic mass is 10.2. The summed E-state index contributed by atoms with van der Waals surface area (Å²) < 4.78 is 29.2. The van der Waals surface area contributed by atoms with E-state index in [2.05, 4.69) is 20.9 Å². The van der Waals surface area contributed by atoms with E-state index in [1.165, 1.54) is 0 Å². The molecule has 0 radical (unpaired) electrons. The summed E-state index contributed by atoms with van der Waals surface area (Å²) in [4.78, 5) is 6.46. The number of rotatable bonds is 5. The van der Waals surface area contributed by atoms with E-state index in [-0.39, 0.29) is 6.04 Å². The van der Waals surface area contributed by atoms with E-state index < -0.39 is 6.55 Å². The molecule has 1 unspecified atom stereocenters. The van der Waals surface area contributed by atoms with Gasteiger partial charge in [-0.2, -0.15) is 8.78 Å². The van der Waals surface area contributed by atoms with Gasteiger partial charge in [-0.15, -0.1) is 0 Å². The molecule has 3 nitrogen and oxygen atoms in total. The van der Waals surface area contributed by atoms with Crippen LogP contribution in [0.1, 0.15) is 30.9 Å². The number of para-hydroxylation sites is 2. The van der Waals surface area contributed by atoms with Crippen molar-refractivity contribution in [2.75, 3.05) is 7.05 Å². The van der Waals surface area contributed by atoms with Gasteiger partial charge in [0.15, 0.2) is 0 Å². The molecule has 3 aromatic rings. The fraction of sp³-hybridized carbons (Fsp3) is 0.278. The van der Waals surface area contributed by atoms with Gasteiger partial charge in [0.25, 0.3) is 0 Å². The zero-order valence-corrected chi connectivity index (χ0v) is 15.0. The van der Waals surface area contributed by atoms with Gasteiger partial charge in [-0.3, -0.25) is 9.47 Å². The Morgan fingerprint density at radius 1 is 1.12 bits per heavy atom. The zero-order valence-electron chi connectivity index (χ0n) is 13.5. The number of fused-ring (bicyclic) bond motifs is 1. The fourth-order valence-electron chi connectivity index (χ4n) is 2.79. The molecule has 1 heterocycles. The SMILES string of the molecule is CC(c1nc2ccccc2n1C(F)F)N(C)Cc1ccccc1Br. The van der Waals surface area contributed by atoms with Gasteiger partial charge < -0.3 is 0 Å². The fourth-order valence-corrected chi connectivity index (χ4v) is 3.20. The lowest BCUT2D eigenvalue weighted by Gasteiger charge is -2.25. The van der Waals surface area contributed by atoms with Gasteiger partial charge in [-0.05, 0) is 37.7 Å². The highest BCUT2D eigenvalue weighted by atomic mass is 79.9. The Morgan fingerprint density at radius 2 is 1.79 bits per heavy atom. The van der Waals surface area contributed by atoms with E-state index in [4.69, 9.17) is 0 Å². The third kappa shape index (κ3) is 3.21. The van der Waals surface area contributed by atoms with Crippen LogP contribution in [0.15, 0.2) is 53.0 Å². The third-order valence-corrected chi connectivity index (χ3v) is 5.00. The molecule has 24 heavy (non-hydrogen) atoms. The Labute approximate surface area is 148 Å². The summed E-state index contributed by atoms with van der Waals surface area (Å²) in [7, 11) is 1.92. The van der Waals surface area contributed by atoms with Crippen molar-refractivity contribution in [3.63, 3.8) is 0 Å². The van der Waals surface area contributed by atoms with Gasteiger partial charge in [0.05, 0.1) is 17.1 Å². The quantitative estimate of drug-likeness (QED) is 0.579. The summed E-state index contributed by atoms with van der Waals surface area (Å²) in [6.07, 6.45) is 0. The smallest absolute Gasteiger partial charge is 0.292 e. The number of imidazole rings is 1. The van der Waals surface area contributed by atoms with E-state index in [1.54, 1.807) is 18.2 Å². The molecular weight excluding hydrogens is 376 g/mol. The van der Waals surface area contributed by atoms with E-state index in [0.29, 0.717) is 23.4 Å². The van der Waals surface area contributed by atoms with Crippen LogP contribution >= 0.6 is 15.9 Å². The maximum atomic E-state index is 13.6. The van der Waals surface area contributed by atoms with Crippen molar-refractivity contribution in [3.8, 4) is 0 Å². The molecule has 0 bridgehead atoms. The van der Waals surface area contributed by atoms with Gasteiger partial charge in [0, 0.05) is 11.0 Å². The maximum absolute atomic E-state index is 13.6. The van der Waals surface area contributed by atoms with Crippen LogP contribution < -0.4 is 0 Å².